The first kappa shape index (κ1) is 11.5. The summed E-state index contributed by atoms with van der Waals surface area (Å²) in [6.07, 6.45) is 1.59. The van der Waals surface area contributed by atoms with E-state index in [4.69, 9.17) is 17.3 Å². The normalized spacial score (nSPS) is 10.2. The summed E-state index contributed by atoms with van der Waals surface area (Å²) in [7, 11) is 1.73. The van der Waals surface area contributed by atoms with Gasteiger partial charge in [0.2, 0.25) is 0 Å². The van der Waals surface area contributed by atoms with E-state index in [0.717, 1.165) is 0 Å². The maximum atomic E-state index is 11.9. The Morgan fingerprint density at radius 1 is 1.47 bits per heavy atom. The first-order valence-corrected chi connectivity index (χ1v) is 5.30. The number of nitrogen functional groups attached to an aromatic ring is 1. The van der Waals surface area contributed by atoms with Crippen molar-refractivity contribution in [1.29, 1.82) is 0 Å². The second-order valence-corrected chi connectivity index (χ2v) is 3.88. The number of rotatable bonds is 2. The standard InChI is InChI=1S/C11H11ClN4O/c1-16-9(5-6-14-16)15-11(17)7-3-2-4-8(13)10(7)12/h2-6H,13H2,1H3,(H,15,17). The number of anilines is 2. The van der Waals surface area contributed by atoms with E-state index in [9.17, 15) is 4.79 Å². The Morgan fingerprint density at radius 2 is 2.24 bits per heavy atom. The van der Waals surface area contributed by atoms with E-state index in [-0.39, 0.29) is 10.9 Å². The lowest BCUT2D eigenvalue weighted by Crippen LogP contribution is -2.15. The summed E-state index contributed by atoms with van der Waals surface area (Å²) in [5.41, 5.74) is 6.35. The van der Waals surface area contributed by atoms with Gasteiger partial charge in [0.05, 0.1) is 22.5 Å². The molecule has 1 heterocycles. The third-order valence-corrected chi connectivity index (χ3v) is 2.76. The van der Waals surface area contributed by atoms with E-state index in [1.165, 1.54) is 0 Å². The maximum absolute atomic E-state index is 11.9. The lowest BCUT2D eigenvalue weighted by atomic mass is 10.2. The summed E-state index contributed by atoms with van der Waals surface area (Å²) >= 11 is 5.96. The molecule has 3 N–H and O–H groups in total. The second kappa shape index (κ2) is 4.47. The Bertz CT molecular complexity index is 564. The fraction of sp³-hybridized carbons (Fsp3) is 0.0909. The van der Waals surface area contributed by atoms with Gasteiger partial charge in [0.15, 0.2) is 0 Å². The molecule has 6 heteroatoms. The van der Waals surface area contributed by atoms with Crippen LogP contribution in [0.25, 0.3) is 0 Å². The Hall–Kier alpha value is -2.01. The van der Waals surface area contributed by atoms with E-state index >= 15 is 0 Å². The summed E-state index contributed by atoms with van der Waals surface area (Å²) in [6, 6.07) is 6.63. The van der Waals surface area contributed by atoms with Crippen LogP contribution in [-0.2, 0) is 7.05 Å². The number of carbonyl (C=O) groups excluding carboxylic acids is 1. The molecule has 2 rings (SSSR count). The number of amides is 1. The zero-order valence-electron chi connectivity index (χ0n) is 9.14. The fourth-order valence-electron chi connectivity index (χ4n) is 1.41. The molecule has 17 heavy (non-hydrogen) atoms. The third kappa shape index (κ3) is 2.24. The Labute approximate surface area is 103 Å². The highest BCUT2D eigenvalue weighted by molar-refractivity contribution is 6.36. The molecule has 1 amide bonds. The fourth-order valence-corrected chi connectivity index (χ4v) is 1.62. The molecule has 5 nitrogen and oxygen atoms in total. The number of aryl methyl sites for hydroxylation is 1. The van der Waals surface area contributed by atoms with Crippen molar-refractivity contribution in [3.8, 4) is 0 Å². The maximum Gasteiger partial charge on any atom is 0.258 e. The van der Waals surface area contributed by atoms with Gasteiger partial charge in [-0.2, -0.15) is 5.10 Å². The quantitative estimate of drug-likeness (QED) is 0.800. The zero-order chi connectivity index (χ0) is 12.4. The van der Waals surface area contributed by atoms with Crippen molar-refractivity contribution < 1.29 is 4.79 Å². The molecule has 0 saturated heterocycles. The molecular formula is C11H11ClN4O. The highest BCUT2D eigenvalue weighted by atomic mass is 35.5. The summed E-state index contributed by atoms with van der Waals surface area (Å²) in [5, 5.41) is 6.90. The topological polar surface area (TPSA) is 72.9 Å². The van der Waals surface area contributed by atoms with Crippen LogP contribution in [0.5, 0.6) is 0 Å². The number of hydrogen-bond acceptors (Lipinski definition) is 3. The van der Waals surface area contributed by atoms with Crippen LogP contribution >= 0.6 is 11.6 Å². The minimum atomic E-state index is -0.314. The Morgan fingerprint density at radius 3 is 2.88 bits per heavy atom. The van der Waals surface area contributed by atoms with Gasteiger partial charge in [-0.15, -0.1) is 0 Å². The van der Waals surface area contributed by atoms with E-state index in [1.54, 1.807) is 42.2 Å². The average Bonchev–Trinajstić information content (AvgIpc) is 2.68. The van der Waals surface area contributed by atoms with Gasteiger partial charge in [0.1, 0.15) is 5.82 Å². The number of benzene rings is 1. The number of nitrogens with two attached hydrogens (primary N) is 1. The number of aromatic nitrogens is 2. The Kier molecular flexibility index (Phi) is 3.01. The lowest BCUT2D eigenvalue weighted by molar-refractivity contribution is 0.102. The number of halogens is 1. The minimum Gasteiger partial charge on any atom is -0.398 e. The third-order valence-electron chi connectivity index (χ3n) is 2.34. The molecule has 0 atom stereocenters. The summed E-state index contributed by atoms with van der Waals surface area (Å²) in [5.74, 6) is 0.277. The predicted molar refractivity (Wildman–Crippen MR) is 67.0 cm³/mol. The van der Waals surface area contributed by atoms with Crippen LogP contribution in [0.1, 0.15) is 10.4 Å². The van der Waals surface area contributed by atoms with Crippen LogP contribution in [0.15, 0.2) is 30.5 Å². The Balaban J connectivity index is 2.27. The van der Waals surface area contributed by atoms with Gasteiger partial charge in [-0.3, -0.25) is 9.48 Å². The molecule has 0 spiro atoms. The van der Waals surface area contributed by atoms with E-state index in [1.807, 2.05) is 0 Å². The van der Waals surface area contributed by atoms with E-state index < -0.39 is 0 Å². The molecule has 88 valence electrons. The highest BCUT2D eigenvalue weighted by Gasteiger charge is 2.13. The molecule has 2 aromatic rings. The van der Waals surface area contributed by atoms with Gasteiger partial charge in [-0.05, 0) is 12.1 Å². The molecule has 0 aliphatic rings. The molecule has 0 unspecified atom stereocenters. The van der Waals surface area contributed by atoms with Crippen molar-refractivity contribution in [2.24, 2.45) is 7.05 Å². The number of carbonyl (C=O) groups is 1. The van der Waals surface area contributed by atoms with Crippen molar-refractivity contribution in [3.63, 3.8) is 0 Å². The molecule has 0 radical (unpaired) electrons. The minimum absolute atomic E-state index is 0.257. The average molecular weight is 251 g/mol. The highest BCUT2D eigenvalue weighted by Crippen LogP contribution is 2.23. The van der Waals surface area contributed by atoms with Crippen LogP contribution in [-0.4, -0.2) is 15.7 Å². The first-order chi connectivity index (χ1) is 8.09. The van der Waals surface area contributed by atoms with Crippen LogP contribution in [0, 0.1) is 0 Å². The van der Waals surface area contributed by atoms with E-state index in [0.29, 0.717) is 17.1 Å². The number of hydrogen-bond donors (Lipinski definition) is 2. The van der Waals surface area contributed by atoms with Crippen molar-refractivity contribution in [2.45, 2.75) is 0 Å². The SMILES string of the molecule is Cn1nccc1NC(=O)c1cccc(N)c1Cl. The van der Waals surface area contributed by atoms with Crippen LogP contribution < -0.4 is 11.1 Å². The number of nitrogens with one attached hydrogen (secondary N) is 1. The predicted octanol–water partition coefficient (Wildman–Crippen LogP) is 1.91. The first-order valence-electron chi connectivity index (χ1n) is 4.93. The van der Waals surface area contributed by atoms with E-state index in [2.05, 4.69) is 10.4 Å². The molecule has 0 saturated carbocycles. The van der Waals surface area contributed by atoms with Crippen LogP contribution in [0.2, 0.25) is 5.02 Å². The molecule has 1 aromatic heterocycles. The monoisotopic (exact) mass is 250 g/mol. The van der Waals surface area contributed by atoms with Crippen molar-refractivity contribution in [3.05, 3.63) is 41.0 Å². The van der Waals surface area contributed by atoms with Crippen LogP contribution in [0.4, 0.5) is 11.5 Å². The smallest absolute Gasteiger partial charge is 0.258 e. The van der Waals surface area contributed by atoms with Crippen molar-refractivity contribution in [1.82, 2.24) is 9.78 Å². The molecule has 0 fully saturated rings. The summed E-state index contributed by atoms with van der Waals surface area (Å²) < 4.78 is 1.55. The lowest BCUT2D eigenvalue weighted by Gasteiger charge is -2.07. The molecule has 0 aliphatic carbocycles. The van der Waals surface area contributed by atoms with Gasteiger partial charge in [0.25, 0.3) is 5.91 Å². The molecule has 1 aromatic carbocycles. The van der Waals surface area contributed by atoms with Gasteiger partial charge in [0, 0.05) is 13.1 Å². The van der Waals surface area contributed by atoms with Crippen LogP contribution in [0.3, 0.4) is 0 Å². The van der Waals surface area contributed by atoms with Gasteiger partial charge >= 0.3 is 0 Å². The summed E-state index contributed by atoms with van der Waals surface area (Å²) in [6.45, 7) is 0. The number of nitrogens with zero attached hydrogens (tertiary/aromatic N) is 2. The molecule has 0 bridgehead atoms. The summed E-state index contributed by atoms with van der Waals surface area (Å²) in [4.78, 5) is 11.9. The van der Waals surface area contributed by atoms with Gasteiger partial charge in [-0.1, -0.05) is 17.7 Å². The van der Waals surface area contributed by atoms with Crippen molar-refractivity contribution >= 4 is 29.0 Å². The van der Waals surface area contributed by atoms with Gasteiger partial charge < -0.3 is 11.1 Å². The largest absolute Gasteiger partial charge is 0.398 e. The zero-order valence-corrected chi connectivity index (χ0v) is 9.90. The van der Waals surface area contributed by atoms with Gasteiger partial charge in [-0.25, -0.2) is 0 Å². The van der Waals surface area contributed by atoms with Crippen molar-refractivity contribution in [2.75, 3.05) is 11.1 Å². The second-order valence-electron chi connectivity index (χ2n) is 3.50. The molecular weight excluding hydrogens is 240 g/mol. The molecule has 0 aliphatic heterocycles.